The van der Waals surface area contributed by atoms with Crippen molar-refractivity contribution in [2.45, 2.75) is 0 Å². The number of hydrogen-bond acceptors (Lipinski definition) is 4. The molecule has 0 unspecified atom stereocenters. The van der Waals surface area contributed by atoms with Crippen LogP contribution < -0.4 is 10.5 Å². The minimum Gasteiger partial charge on any atom is -0.410 e. The molecule has 86 valence electrons. The van der Waals surface area contributed by atoms with E-state index in [-0.39, 0.29) is 5.28 Å². The van der Waals surface area contributed by atoms with E-state index in [9.17, 15) is 4.79 Å². The number of hydrogen-bond donors (Lipinski definition) is 1. The highest BCUT2D eigenvalue weighted by atomic mass is 35.5. The van der Waals surface area contributed by atoms with Gasteiger partial charge in [-0.15, -0.1) is 0 Å². The second-order valence-corrected chi connectivity index (χ2v) is 3.50. The predicted molar refractivity (Wildman–Crippen MR) is 62.7 cm³/mol. The van der Waals surface area contributed by atoms with Crippen LogP contribution in [0.4, 0.5) is 4.79 Å². The average molecular weight is 250 g/mol. The number of primary amides is 1. The van der Waals surface area contributed by atoms with Gasteiger partial charge in [0.2, 0.25) is 5.28 Å². The first kappa shape index (κ1) is 11.3. The molecule has 0 fully saturated rings. The molecule has 17 heavy (non-hydrogen) atoms. The number of rotatable bonds is 2. The summed E-state index contributed by atoms with van der Waals surface area (Å²) in [5.74, 6) is 0.352. The Bertz CT molecular complexity index is 560. The molecule has 0 atom stereocenters. The lowest BCUT2D eigenvalue weighted by Gasteiger charge is -2.04. The highest BCUT2D eigenvalue weighted by Crippen LogP contribution is 2.22. The molecule has 5 nitrogen and oxygen atoms in total. The van der Waals surface area contributed by atoms with Gasteiger partial charge in [-0.3, -0.25) is 0 Å². The van der Waals surface area contributed by atoms with Crippen LogP contribution in [0, 0.1) is 0 Å². The molecule has 6 heteroatoms. The van der Waals surface area contributed by atoms with Crippen LogP contribution in [0.3, 0.4) is 0 Å². The van der Waals surface area contributed by atoms with Gasteiger partial charge in [0.05, 0.1) is 5.69 Å². The molecule has 0 spiro atoms. The van der Waals surface area contributed by atoms with Crippen molar-refractivity contribution in [2.75, 3.05) is 0 Å². The summed E-state index contributed by atoms with van der Waals surface area (Å²) < 4.78 is 4.77. The Balaban J connectivity index is 2.36. The largest absolute Gasteiger partial charge is 0.410 e. The fourth-order valence-electron chi connectivity index (χ4n) is 1.33. The summed E-state index contributed by atoms with van der Waals surface area (Å²) in [5, 5.41) is 0.156. The summed E-state index contributed by atoms with van der Waals surface area (Å²) in [6, 6.07) is 8.51. The number of nitrogens with zero attached hydrogens (tertiary/aromatic N) is 2. The molecule has 1 heterocycles. The second kappa shape index (κ2) is 4.80. The van der Waals surface area contributed by atoms with Gasteiger partial charge in [0.1, 0.15) is 5.75 Å². The van der Waals surface area contributed by atoms with Crippen molar-refractivity contribution in [1.82, 2.24) is 9.97 Å². The monoisotopic (exact) mass is 249 g/mol. The lowest BCUT2D eigenvalue weighted by atomic mass is 10.1. The van der Waals surface area contributed by atoms with Crippen molar-refractivity contribution in [3.8, 4) is 17.0 Å². The third kappa shape index (κ3) is 2.92. The number of ether oxygens (including phenoxy) is 1. The standard InChI is InChI=1S/C11H8ClN3O2/c12-10-14-5-4-9(15-10)7-2-1-3-8(6-7)17-11(13)16/h1-6H,(H2,13,16). The highest BCUT2D eigenvalue weighted by Gasteiger charge is 2.04. The van der Waals surface area contributed by atoms with Gasteiger partial charge < -0.3 is 10.5 Å². The van der Waals surface area contributed by atoms with E-state index < -0.39 is 6.09 Å². The van der Waals surface area contributed by atoms with Crippen LogP contribution >= 0.6 is 11.6 Å². The molecule has 2 aromatic rings. The first-order valence-corrected chi connectivity index (χ1v) is 5.09. The summed E-state index contributed by atoms with van der Waals surface area (Å²) in [6.07, 6.45) is 0.689. The van der Waals surface area contributed by atoms with Gasteiger partial charge in [0, 0.05) is 11.8 Å². The van der Waals surface area contributed by atoms with Crippen LogP contribution in [0.15, 0.2) is 36.5 Å². The normalized spacial score (nSPS) is 9.94. The molecule has 0 saturated carbocycles. The topological polar surface area (TPSA) is 78.1 Å². The van der Waals surface area contributed by atoms with Crippen LogP contribution in [0.25, 0.3) is 11.3 Å². The number of amides is 1. The number of nitrogens with two attached hydrogens (primary N) is 1. The van der Waals surface area contributed by atoms with Crippen molar-refractivity contribution in [2.24, 2.45) is 5.73 Å². The lowest BCUT2D eigenvalue weighted by molar-refractivity contribution is 0.211. The fourth-order valence-corrected chi connectivity index (χ4v) is 1.48. The van der Waals surface area contributed by atoms with E-state index in [0.717, 1.165) is 5.56 Å². The number of benzene rings is 1. The molecular weight excluding hydrogens is 242 g/mol. The minimum atomic E-state index is -0.858. The summed E-state index contributed by atoms with van der Waals surface area (Å²) in [4.78, 5) is 18.5. The quantitative estimate of drug-likeness (QED) is 0.828. The lowest BCUT2D eigenvalue weighted by Crippen LogP contribution is -2.16. The maximum atomic E-state index is 10.6. The van der Waals surface area contributed by atoms with Gasteiger partial charge in [-0.1, -0.05) is 12.1 Å². The van der Waals surface area contributed by atoms with E-state index in [1.165, 1.54) is 0 Å². The van der Waals surface area contributed by atoms with Crippen LogP contribution in [-0.2, 0) is 0 Å². The number of aromatic nitrogens is 2. The zero-order valence-electron chi connectivity index (χ0n) is 8.63. The van der Waals surface area contributed by atoms with Gasteiger partial charge in [-0.2, -0.15) is 0 Å². The van der Waals surface area contributed by atoms with Gasteiger partial charge >= 0.3 is 6.09 Å². The van der Waals surface area contributed by atoms with E-state index in [1.807, 2.05) is 6.07 Å². The highest BCUT2D eigenvalue weighted by molar-refractivity contribution is 6.28. The molecule has 1 amide bonds. The molecule has 0 aliphatic heterocycles. The van der Waals surface area contributed by atoms with E-state index in [0.29, 0.717) is 11.4 Å². The van der Waals surface area contributed by atoms with Gasteiger partial charge in [0.25, 0.3) is 0 Å². The maximum absolute atomic E-state index is 10.6. The zero-order chi connectivity index (χ0) is 12.3. The summed E-state index contributed by atoms with van der Waals surface area (Å²) in [5.41, 5.74) is 6.33. The van der Waals surface area contributed by atoms with Gasteiger partial charge in [0.15, 0.2) is 0 Å². The van der Waals surface area contributed by atoms with Crippen molar-refractivity contribution < 1.29 is 9.53 Å². The zero-order valence-corrected chi connectivity index (χ0v) is 9.39. The molecule has 2 rings (SSSR count). The Kier molecular flexibility index (Phi) is 3.20. The third-order valence-corrected chi connectivity index (χ3v) is 2.16. The summed E-state index contributed by atoms with van der Waals surface area (Å²) in [7, 11) is 0. The first-order valence-electron chi connectivity index (χ1n) is 4.71. The number of carbonyl (C=O) groups excluding carboxylic acids is 1. The summed E-state index contributed by atoms with van der Waals surface area (Å²) >= 11 is 5.69. The number of carbonyl (C=O) groups is 1. The molecule has 0 bridgehead atoms. The number of halogens is 1. The molecule has 0 radical (unpaired) electrons. The Morgan fingerprint density at radius 2 is 2.18 bits per heavy atom. The van der Waals surface area contributed by atoms with Gasteiger partial charge in [-0.25, -0.2) is 14.8 Å². The molecule has 0 aliphatic rings. The van der Waals surface area contributed by atoms with Crippen molar-refractivity contribution >= 4 is 17.7 Å². The molecule has 0 aliphatic carbocycles. The first-order chi connectivity index (χ1) is 8.15. The van der Waals surface area contributed by atoms with Crippen LogP contribution in [-0.4, -0.2) is 16.1 Å². The van der Waals surface area contributed by atoms with Crippen LogP contribution in [0.5, 0.6) is 5.75 Å². The molecule has 1 aromatic carbocycles. The van der Waals surface area contributed by atoms with E-state index in [4.69, 9.17) is 22.1 Å². The molecular formula is C11H8ClN3O2. The van der Waals surface area contributed by atoms with Crippen LogP contribution in [0.1, 0.15) is 0 Å². The molecule has 1 aromatic heterocycles. The average Bonchev–Trinajstić information content (AvgIpc) is 2.28. The van der Waals surface area contributed by atoms with E-state index in [1.54, 1.807) is 30.5 Å². The van der Waals surface area contributed by atoms with Crippen molar-refractivity contribution in [3.05, 3.63) is 41.8 Å². The maximum Gasteiger partial charge on any atom is 0.409 e. The van der Waals surface area contributed by atoms with Gasteiger partial charge in [-0.05, 0) is 29.8 Å². The SMILES string of the molecule is NC(=O)Oc1cccc(-c2ccnc(Cl)n2)c1. The van der Waals surface area contributed by atoms with E-state index in [2.05, 4.69) is 9.97 Å². The Hall–Kier alpha value is -2.14. The van der Waals surface area contributed by atoms with Crippen LogP contribution in [0.2, 0.25) is 5.28 Å². The Labute approximate surface area is 102 Å². The molecule has 2 N–H and O–H groups in total. The smallest absolute Gasteiger partial charge is 0.409 e. The van der Waals surface area contributed by atoms with Crippen molar-refractivity contribution in [3.63, 3.8) is 0 Å². The Morgan fingerprint density at radius 1 is 1.35 bits per heavy atom. The van der Waals surface area contributed by atoms with Crippen molar-refractivity contribution in [1.29, 1.82) is 0 Å². The predicted octanol–water partition coefficient (Wildman–Crippen LogP) is 2.25. The summed E-state index contributed by atoms with van der Waals surface area (Å²) in [6.45, 7) is 0. The van der Waals surface area contributed by atoms with E-state index >= 15 is 0 Å². The minimum absolute atomic E-state index is 0.156. The third-order valence-electron chi connectivity index (χ3n) is 1.97. The Morgan fingerprint density at radius 3 is 2.88 bits per heavy atom. The second-order valence-electron chi connectivity index (χ2n) is 3.16. The molecule has 0 saturated heterocycles. The fraction of sp³-hybridized carbons (Fsp3) is 0.